The van der Waals surface area contributed by atoms with Gasteiger partial charge in [-0.2, -0.15) is 5.10 Å². The van der Waals surface area contributed by atoms with Gasteiger partial charge < -0.3 is 10.1 Å². The minimum absolute atomic E-state index is 0.152. The van der Waals surface area contributed by atoms with E-state index in [1.165, 1.54) is 0 Å². The van der Waals surface area contributed by atoms with Crippen LogP contribution in [-0.2, 0) is 0 Å². The summed E-state index contributed by atoms with van der Waals surface area (Å²) in [5.74, 6) is 1.64. The molecule has 1 atom stereocenters. The predicted molar refractivity (Wildman–Crippen MR) is 83.6 cm³/mol. The Kier molecular flexibility index (Phi) is 3.87. The van der Waals surface area contributed by atoms with Crippen LogP contribution in [0.3, 0.4) is 0 Å². The zero-order valence-electron chi connectivity index (χ0n) is 11.8. The van der Waals surface area contributed by atoms with E-state index < -0.39 is 0 Å². The Bertz CT molecular complexity index is 680. The van der Waals surface area contributed by atoms with Crippen molar-refractivity contribution in [2.75, 3.05) is 5.32 Å². The number of aromatic amines is 1. The fourth-order valence-corrected chi connectivity index (χ4v) is 2.11. The highest BCUT2D eigenvalue weighted by Crippen LogP contribution is 2.25. The van der Waals surface area contributed by atoms with Gasteiger partial charge >= 0.3 is 0 Å². The number of nitrogens with zero attached hydrogens (tertiary/aromatic N) is 1. The van der Waals surface area contributed by atoms with Crippen molar-refractivity contribution in [1.82, 2.24) is 10.2 Å². The maximum atomic E-state index is 5.83. The maximum absolute atomic E-state index is 5.83. The van der Waals surface area contributed by atoms with E-state index >= 15 is 0 Å². The summed E-state index contributed by atoms with van der Waals surface area (Å²) in [5.41, 5.74) is 2.05. The zero-order valence-corrected chi connectivity index (χ0v) is 11.8. The molecule has 3 aromatic rings. The third kappa shape index (κ3) is 3.42. The first-order valence-electron chi connectivity index (χ1n) is 6.90. The van der Waals surface area contributed by atoms with Crippen LogP contribution in [0.1, 0.15) is 18.7 Å². The first kappa shape index (κ1) is 13.2. The lowest BCUT2D eigenvalue weighted by Crippen LogP contribution is -2.06. The highest BCUT2D eigenvalue weighted by Gasteiger charge is 2.07. The number of anilines is 1. The van der Waals surface area contributed by atoms with Crippen molar-refractivity contribution < 1.29 is 4.74 Å². The highest BCUT2D eigenvalue weighted by atomic mass is 16.5. The van der Waals surface area contributed by atoms with Crippen LogP contribution in [0.2, 0.25) is 0 Å². The van der Waals surface area contributed by atoms with Gasteiger partial charge in [0.05, 0.1) is 11.7 Å². The SMILES string of the molecule is CC(Nc1cccc(Oc2ccccc2)c1)c1ccn[nH]1. The quantitative estimate of drug-likeness (QED) is 0.729. The van der Waals surface area contributed by atoms with Gasteiger partial charge in [0.2, 0.25) is 0 Å². The van der Waals surface area contributed by atoms with E-state index in [1.807, 2.05) is 60.7 Å². The summed E-state index contributed by atoms with van der Waals surface area (Å²) in [6.07, 6.45) is 1.75. The first-order chi connectivity index (χ1) is 10.3. The molecule has 0 bridgehead atoms. The number of hydrogen-bond acceptors (Lipinski definition) is 3. The number of para-hydroxylation sites is 1. The number of H-pyrrole nitrogens is 1. The summed E-state index contributed by atoms with van der Waals surface area (Å²) in [4.78, 5) is 0. The van der Waals surface area contributed by atoms with E-state index in [-0.39, 0.29) is 6.04 Å². The summed E-state index contributed by atoms with van der Waals surface area (Å²) in [5, 5.41) is 10.4. The van der Waals surface area contributed by atoms with Crippen LogP contribution < -0.4 is 10.1 Å². The van der Waals surface area contributed by atoms with E-state index in [1.54, 1.807) is 6.20 Å². The van der Waals surface area contributed by atoms with Crippen molar-refractivity contribution in [3.63, 3.8) is 0 Å². The van der Waals surface area contributed by atoms with Crippen LogP contribution in [0.25, 0.3) is 0 Å². The number of ether oxygens (including phenoxy) is 1. The minimum Gasteiger partial charge on any atom is -0.457 e. The molecule has 0 aliphatic heterocycles. The fourth-order valence-electron chi connectivity index (χ4n) is 2.11. The normalized spacial score (nSPS) is 11.9. The third-order valence-corrected chi connectivity index (χ3v) is 3.18. The first-order valence-corrected chi connectivity index (χ1v) is 6.90. The zero-order chi connectivity index (χ0) is 14.5. The summed E-state index contributed by atoms with van der Waals surface area (Å²) < 4.78 is 5.83. The molecule has 0 spiro atoms. The van der Waals surface area contributed by atoms with Crippen molar-refractivity contribution in [3.8, 4) is 11.5 Å². The molecule has 0 saturated heterocycles. The number of rotatable bonds is 5. The molecule has 21 heavy (non-hydrogen) atoms. The molecule has 3 rings (SSSR count). The lowest BCUT2D eigenvalue weighted by atomic mass is 10.2. The summed E-state index contributed by atoms with van der Waals surface area (Å²) in [7, 11) is 0. The maximum Gasteiger partial charge on any atom is 0.129 e. The highest BCUT2D eigenvalue weighted by molar-refractivity contribution is 5.50. The largest absolute Gasteiger partial charge is 0.457 e. The van der Waals surface area contributed by atoms with Gasteiger partial charge in [0, 0.05) is 18.0 Å². The second-order valence-corrected chi connectivity index (χ2v) is 4.82. The van der Waals surface area contributed by atoms with Crippen LogP contribution in [0.4, 0.5) is 5.69 Å². The second kappa shape index (κ2) is 6.13. The van der Waals surface area contributed by atoms with Crippen LogP contribution in [-0.4, -0.2) is 10.2 Å². The van der Waals surface area contributed by atoms with E-state index in [0.29, 0.717) is 0 Å². The van der Waals surface area contributed by atoms with Crippen molar-refractivity contribution in [2.45, 2.75) is 13.0 Å². The summed E-state index contributed by atoms with van der Waals surface area (Å²) in [6.45, 7) is 2.08. The van der Waals surface area contributed by atoms with E-state index in [4.69, 9.17) is 4.74 Å². The van der Waals surface area contributed by atoms with Gasteiger partial charge in [-0.3, -0.25) is 5.10 Å². The summed E-state index contributed by atoms with van der Waals surface area (Å²) >= 11 is 0. The lowest BCUT2D eigenvalue weighted by molar-refractivity contribution is 0.483. The van der Waals surface area contributed by atoms with Gasteiger partial charge in [-0.05, 0) is 37.3 Å². The molecule has 0 aliphatic carbocycles. The number of nitrogens with one attached hydrogen (secondary N) is 2. The van der Waals surface area contributed by atoms with Gasteiger partial charge in [-0.25, -0.2) is 0 Å². The number of aromatic nitrogens is 2. The minimum atomic E-state index is 0.152. The molecular weight excluding hydrogens is 262 g/mol. The Hall–Kier alpha value is -2.75. The average molecular weight is 279 g/mol. The standard InChI is InChI=1S/C17H17N3O/c1-13(17-10-11-18-20-17)19-14-6-5-9-16(12-14)21-15-7-3-2-4-8-15/h2-13,19H,1H3,(H,18,20). The lowest BCUT2D eigenvalue weighted by Gasteiger charge is -2.14. The second-order valence-electron chi connectivity index (χ2n) is 4.82. The summed E-state index contributed by atoms with van der Waals surface area (Å²) in [6, 6.07) is 19.8. The Morgan fingerprint density at radius 2 is 1.81 bits per heavy atom. The molecule has 0 saturated carbocycles. The van der Waals surface area contributed by atoms with Gasteiger partial charge in [-0.1, -0.05) is 24.3 Å². The van der Waals surface area contributed by atoms with Crippen LogP contribution in [0.15, 0.2) is 66.9 Å². The Balaban J connectivity index is 1.71. The molecule has 0 amide bonds. The van der Waals surface area contributed by atoms with Crippen molar-refractivity contribution in [1.29, 1.82) is 0 Å². The Morgan fingerprint density at radius 1 is 1.00 bits per heavy atom. The molecule has 1 heterocycles. The monoisotopic (exact) mass is 279 g/mol. The van der Waals surface area contributed by atoms with E-state index in [9.17, 15) is 0 Å². The Morgan fingerprint density at radius 3 is 2.57 bits per heavy atom. The molecule has 0 radical (unpaired) electrons. The van der Waals surface area contributed by atoms with E-state index in [2.05, 4.69) is 22.4 Å². The van der Waals surface area contributed by atoms with Crippen molar-refractivity contribution >= 4 is 5.69 Å². The molecule has 0 fully saturated rings. The molecule has 2 aromatic carbocycles. The molecule has 1 aromatic heterocycles. The van der Waals surface area contributed by atoms with Crippen LogP contribution in [0.5, 0.6) is 11.5 Å². The number of benzene rings is 2. The molecule has 106 valence electrons. The molecule has 1 unspecified atom stereocenters. The number of hydrogen-bond donors (Lipinski definition) is 2. The smallest absolute Gasteiger partial charge is 0.129 e. The molecule has 0 aliphatic rings. The fraction of sp³-hybridized carbons (Fsp3) is 0.118. The van der Waals surface area contributed by atoms with Crippen molar-refractivity contribution in [2.24, 2.45) is 0 Å². The van der Waals surface area contributed by atoms with E-state index in [0.717, 1.165) is 22.9 Å². The van der Waals surface area contributed by atoms with Gasteiger partial charge in [0.25, 0.3) is 0 Å². The topological polar surface area (TPSA) is 49.9 Å². The van der Waals surface area contributed by atoms with Crippen LogP contribution in [0, 0.1) is 0 Å². The molecule has 4 nitrogen and oxygen atoms in total. The van der Waals surface area contributed by atoms with Gasteiger partial charge in [0.1, 0.15) is 11.5 Å². The van der Waals surface area contributed by atoms with Crippen LogP contribution >= 0.6 is 0 Å². The van der Waals surface area contributed by atoms with Crippen molar-refractivity contribution in [3.05, 3.63) is 72.6 Å². The van der Waals surface area contributed by atoms with Gasteiger partial charge in [0.15, 0.2) is 0 Å². The molecule has 2 N–H and O–H groups in total. The average Bonchev–Trinajstić information content (AvgIpc) is 3.03. The molecular formula is C17H17N3O. The third-order valence-electron chi connectivity index (χ3n) is 3.18. The predicted octanol–water partition coefficient (Wildman–Crippen LogP) is 4.38. The Labute approximate surface area is 123 Å². The molecule has 4 heteroatoms. The van der Waals surface area contributed by atoms with Gasteiger partial charge in [-0.15, -0.1) is 0 Å².